The number of halogens is 1. The molecule has 1 N–H and O–H groups in total. The topological polar surface area (TPSA) is 72.6 Å². The predicted octanol–water partition coefficient (Wildman–Crippen LogP) is 4.20. The number of benzene rings is 2. The van der Waals surface area contributed by atoms with Crippen LogP contribution in [-0.2, 0) is 0 Å². The lowest BCUT2D eigenvalue weighted by Gasteiger charge is -2.13. The van der Waals surface area contributed by atoms with E-state index in [-0.39, 0.29) is 11.4 Å². The first-order chi connectivity index (χ1) is 9.49. The van der Waals surface area contributed by atoms with Gasteiger partial charge >= 0.3 is 5.69 Å². The molecule has 1 atom stereocenters. The van der Waals surface area contributed by atoms with Gasteiger partial charge < -0.3 is 9.84 Å². The summed E-state index contributed by atoms with van der Waals surface area (Å²) in [6, 6.07) is 11.4. The van der Waals surface area contributed by atoms with E-state index in [9.17, 15) is 15.2 Å². The molecule has 104 valence electrons. The Bertz CT molecular complexity index is 643. The lowest BCUT2D eigenvalue weighted by atomic mass is 10.1. The highest BCUT2D eigenvalue weighted by Gasteiger charge is 2.18. The molecular weight excluding hydrogens is 326 g/mol. The summed E-state index contributed by atoms with van der Waals surface area (Å²) in [5, 5.41) is 20.7. The molecule has 2 aromatic carbocycles. The van der Waals surface area contributed by atoms with Gasteiger partial charge in [-0.15, -0.1) is 0 Å². The van der Waals surface area contributed by atoms with Crippen molar-refractivity contribution < 1.29 is 14.8 Å². The molecule has 0 aliphatic rings. The van der Waals surface area contributed by atoms with Crippen molar-refractivity contribution in [1.29, 1.82) is 0 Å². The van der Waals surface area contributed by atoms with Crippen LogP contribution in [0.25, 0.3) is 0 Å². The largest absolute Gasteiger partial charge is 0.450 e. The van der Waals surface area contributed by atoms with Crippen molar-refractivity contribution >= 4 is 21.6 Å². The van der Waals surface area contributed by atoms with Crippen molar-refractivity contribution in [3.8, 4) is 11.5 Å². The van der Waals surface area contributed by atoms with Gasteiger partial charge in [0.2, 0.25) is 5.75 Å². The van der Waals surface area contributed by atoms with Gasteiger partial charge in [-0.2, -0.15) is 0 Å². The molecule has 0 saturated carbocycles. The number of hydrogen-bond acceptors (Lipinski definition) is 4. The minimum Gasteiger partial charge on any atom is -0.450 e. The van der Waals surface area contributed by atoms with Crippen molar-refractivity contribution in [2.24, 2.45) is 0 Å². The number of aliphatic hydroxyl groups excluding tert-OH is 1. The Morgan fingerprint density at radius 2 is 1.95 bits per heavy atom. The highest BCUT2D eigenvalue weighted by Crippen LogP contribution is 2.36. The summed E-state index contributed by atoms with van der Waals surface area (Å²) in [5.74, 6) is 0.527. The molecule has 0 bridgehead atoms. The van der Waals surface area contributed by atoms with Crippen LogP contribution in [0, 0.1) is 10.1 Å². The first-order valence-corrected chi connectivity index (χ1v) is 6.67. The smallest absolute Gasteiger partial charge is 0.312 e. The summed E-state index contributed by atoms with van der Waals surface area (Å²) < 4.78 is 6.19. The Morgan fingerprint density at radius 3 is 2.60 bits per heavy atom. The maximum Gasteiger partial charge on any atom is 0.312 e. The van der Waals surface area contributed by atoms with Gasteiger partial charge in [0, 0.05) is 16.1 Å². The molecule has 0 saturated heterocycles. The normalized spacial score (nSPS) is 11.9. The maximum atomic E-state index is 11.0. The van der Waals surface area contributed by atoms with Crippen LogP contribution in [0.5, 0.6) is 11.5 Å². The van der Waals surface area contributed by atoms with E-state index in [2.05, 4.69) is 15.9 Å². The molecule has 2 rings (SSSR count). The van der Waals surface area contributed by atoms with Gasteiger partial charge in [-0.1, -0.05) is 34.1 Å². The number of ether oxygens (including phenoxy) is 1. The fourth-order valence-electron chi connectivity index (χ4n) is 1.76. The summed E-state index contributed by atoms with van der Waals surface area (Å²) in [7, 11) is 0. The minimum absolute atomic E-state index is 0.131. The zero-order chi connectivity index (χ0) is 14.7. The van der Waals surface area contributed by atoms with Crippen molar-refractivity contribution in [2.45, 2.75) is 13.0 Å². The molecule has 0 spiro atoms. The summed E-state index contributed by atoms with van der Waals surface area (Å²) >= 11 is 3.19. The van der Waals surface area contributed by atoms with Gasteiger partial charge in [0.05, 0.1) is 11.0 Å². The Morgan fingerprint density at radius 1 is 1.25 bits per heavy atom. The Kier molecular flexibility index (Phi) is 4.36. The summed E-state index contributed by atoms with van der Waals surface area (Å²) in [5.41, 5.74) is 0.435. The maximum absolute atomic E-state index is 11.0. The zero-order valence-electron chi connectivity index (χ0n) is 10.6. The standard InChI is InChI=1S/C14H12BrNO4/c1-9(17)11-4-2-3-5-13(11)20-14-7-6-10(15)8-12(14)16(18)19/h2-9,17H,1H3/t9-/m0/s1. The van der Waals surface area contributed by atoms with Crippen molar-refractivity contribution in [3.05, 3.63) is 62.6 Å². The van der Waals surface area contributed by atoms with Crippen molar-refractivity contribution in [2.75, 3.05) is 0 Å². The molecule has 6 heteroatoms. The van der Waals surface area contributed by atoms with Crippen LogP contribution in [0.15, 0.2) is 46.9 Å². The third-order valence-electron chi connectivity index (χ3n) is 2.71. The first-order valence-electron chi connectivity index (χ1n) is 5.88. The second kappa shape index (κ2) is 6.02. The summed E-state index contributed by atoms with van der Waals surface area (Å²) in [4.78, 5) is 10.5. The molecular formula is C14H12BrNO4. The quantitative estimate of drug-likeness (QED) is 0.670. The number of nitrogens with zero attached hydrogens (tertiary/aromatic N) is 1. The molecule has 0 heterocycles. The fourth-order valence-corrected chi connectivity index (χ4v) is 2.11. The van der Waals surface area contributed by atoms with Crippen LogP contribution >= 0.6 is 15.9 Å². The van der Waals surface area contributed by atoms with E-state index in [1.54, 1.807) is 37.3 Å². The Hall–Kier alpha value is -1.92. The van der Waals surface area contributed by atoms with E-state index in [1.807, 2.05) is 0 Å². The SMILES string of the molecule is C[C@H](O)c1ccccc1Oc1ccc(Br)cc1[N+](=O)[O-]. The lowest BCUT2D eigenvalue weighted by molar-refractivity contribution is -0.385. The number of nitro groups is 1. The van der Waals surface area contributed by atoms with E-state index in [0.717, 1.165) is 0 Å². The van der Waals surface area contributed by atoms with Gasteiger partial charge in [0.25, 0.3) is 0 Å². The first kappa shape index (κ1) is 14.5. The molecule has 2 aromatic rings. The number of aliphatic hydroxyl groups is 1. The van der Waals surface area contributed by atoms with Gasteiger partial charge in [-0.25, -0.2) is 0 Å². The molecule has 0 fully saturated rings. The number of nitro benzene ring substituents is 1. The highest BCUT2D eigenvalue weighted by atomic mass is 79.9. The number of hydrogen-bond donors (Lipinski definition) is 1. The van der Waals surface area contributed by atoms with Crippen LogP contribution in [0.3, 0.4) is 0 Å². The highest BCUT2D eigenvalue weighted by molar-refractivity contribution is 9.10. The predicted molar refractivity (Wildman–Crippen MR) is 77.9 cm³/mol. The second-order valence-corrected chi connectivity index (χ2v) is 5.10. The van der Waals surface area contributed by atoms with E-state index >= 15 is 0 Å². The van der Waals surface area contributed by atoms with E-state index in [4.69, 9.17) is 4.74 Å². The van der Waals surface area contributed by atoms with Gasteiger partial charge in [0.15, 0.2) is 0 Å². The molecule has 0 aromatic heterocycles. The number of rotatable bonds is 4. The molecule has 0 radical (unpaired) electrons. The van der Waals surface area contributed by atoms with E-state index in [0.29, 0.717) is 15.8 Å². The van der Waals surface area contributed by atoms with E-state index in [1.165, 1.54) is 12.1 Å². The van der Waals surface area contributed by atoms with Crippen molar-refractivity contribution in [3.63, 3.8) is 0 Å². The second-order valence-electron chi connectivity index (χ2n) is 4.19. The third kappa shape index (κ3) is 3.15. The monoisotopic (exact) mass is 337 g/mol. The van der Waals surface area contributed by atoms with Crippen LogP contribution in [0.1, 0.15) is 18.6 Å². The zero-order valence-corrected chi connectivity index (χ0v) is 12.2. The summed E-state index contributed by atoms with van der Waals surface area (Å²) in [6.45, 7) is 1.61. The van der Waals surface area contributed by atoms with Gasteiger partial charge in [-0.05, 0) is 25.1 Å². The molecule has 0 unspecified atom stereocenters. The lowest BCUT2D eigenvalue weighted by Crippen LogP contribution is -1.98. The average molecular weight is 338 g/mol. The van der Waals surface area contributed by atoms with E-state index < -0.39 is 11.0 Å². The molecule has 0 aliphatic carbocycles. The molecule has 20 heavy (non-hydrogen) atoms. The van der Waals surface area contributed by atoms with Gasteiger partial charge in [-0.3, -0.25) is 10.1 Å². The average Bonchev–Trinajstić information content (AvgIpc) is 2.41. The van der Waals surface area contributed by atoms with Crippen molar-refractivity contribution in [1.82, 2.24) is 0 Å². The summed E-state index contributed by atoms with van der Waals surface area (Å²) in [6.07, 6.45) is -0.722. The Balaban J connectivity index is 2.43. The van der Waals surface area contributed by atoms with Gasteiger partial charge in [0.1, 0.15) is 5.75 Å². The molecule has 0 aliphatic heterocycles. The minimum atomic E-state index is -0.722. The van der Waals surface area contributed by atoms with Crippen LogP contribution in [-0.4, -0.2) is 10.0 Å². The Labute approximate surface area is 124 Å². The van der Waals surface area contributed by atoms with Crippen LogP contribution < -0.4 is 4.74 Å². The molecule has 5 nitrogen and oxygen atoms in total. The number of para-hydroxylation sites is 1. The third-order valence-corrected chi connectivity index (χ3v) is 3.20. The van der Waals surface area contributed by atoms with Crippen LogP contribution in [0.4, 0.5) is 5.69 Å². The molecule has 0 amide bonds. The fraction of sp³-hybridized carbons (Fsp3) is 0.143. The van der Waals surface area contributed by atoms with Crippen LogP contribution in [0.2, 0.25) is 0 Å².